The van der Waals surface area contributed by atoms with Crippen LogP contribution in [0.3, 0.4) is 0 Å². The summed E-state index contributed by atoms with van der Waals surface area (Å²) in [7, 11) is 0. The summed E-state index contributed by atoms with van der Waals surface area (Å²) >= 11 is 0. The van der Waals surface area contributed by atoms with Gasteiger partial charge in [-0.15, -0.1) is 0 Å². The summed E-state index contributed by atoms with van der Waals surface area (Å²) in [6.07, 6.45) is 1.64. The van der Waals surface area contributed by atoms with Crippen LogP contribution in [0.5, 0.6) is 5.75 Å². The highest BCUT2D eigenvalue weighted by Gasteiger charge is 2.26. The minimum absolute atomic E-state index is 0.00966. The van der Waals surface area contributed by atoms with Crippen molar-refractivity contribution in [1.29, 1.82) is 0 Å². The second-order valence-corrected chi connectivity index (χ2v) is 6.67. The molecular weight excluding hydrogens is 314 g/mol. The minimum Gasteiger partial charge on any atom is -0.508 e. The van der Waals surface area contributed by atoms with E-state index in [0.717, 1.165) is 24.2 Å². The molecular formula is C20H25N3O2. The lowest BCUT2D eigenvalue weighted by Crippen LogP contribution is -2.44. The van der Waals surface area contributed by atoms with Crippen LogP contribution in [-0.2, 0) is 6.42 Å². The molecule has 132 valence electrons. The van der Waals surface area contributed by atoms with Gasteiger partial charge in [-0.25, -0.2) is 4.79 Å². The highest BCUT2D eigenvalue weighted by atomic mass is 16.3. The van der Waals surface area contributed by atoms with Crippen molar-refractivity contribution in [3.63, 3.8) is 0 Å². The number of aromatic hydroxyl groups is 1. The lowest BCUT2D eigenvalue weighted by Gasteiger charge is -2.21. The molecule has 2 amide bonds. The number of likely N-dealkylation sites (tertiary alicyclic amines) is 1. The number of benzene rings is 2. The third-order valence-electron chi connectivity index (χ3n) is 4.44. The number of phenols is 1. The molecule has 1 fully saturated rings. The summed E-state index contributed by atoms with van der Waals surface area (Å²) in [5.41, 5.74) is 2.10. The zero-order valence-electron chi connectivity index (χ0n) is 14.5. The van der Waals surface area contributed by atoms with E-state index in [-0.39, 0.29) is 23.9 Å². The molecule has 2 unspecified atom stereocenters. The zero-order valence-corrected chi connectivity index (χ0v) is 14.5. The molecule has 1 aliphatic heterocycles. The Morgan fingerprint density at radius 3 is 2.80 bits per heavy atom. The fourth-order valence-corrected chi connectivity index (χ4v) is 3.22. The van der Waals surface area contributed by atoms with E-state index in [0.29, 0.717) is 13.0 Å². The van der Waals surface area contributed by atoms with Gasteiger partial charge in [0.25, 0.3) is 0 Å². The number of amides is 2. The number of hydrogen-bond acceptors (Lipinski definition) is 3. The fraction of sp³-hybridized carbons (Fsp3) is 0.350. The molecule has 2 atom stereocenters. The number of carbonyl (C=O) groups excluding carboxylic acids is 1. The SMILES string of the molecule is CC(Cc1cccc(O)c1)NC(=O)N1CCC(Nc2ccccc2)C1. The van der Waals surface area contributed by atoms with Gasteiger partial charge in [-0.2, -0.15) is 0 Å². The van der Waals surface area contributed by atoms with Crippen LogP contribution in [0.4, 0.5) is 10.5 Å². The van der Waals surface area contributed by atoms with Gasteiger partial charge in [0.1, 0.15) is 5.75 Å². The number of urea groups is 1. The van der Waals surface area contributed by atoms with Crippen molar-refractivity contribution < 1.29 is 9.90 Å². The van der Waals surface area contributed by atoms with E-state index in [9.17, 15) is 9.90 Å². The van der Waals surface area contributed by atoms with Gasteiger partial charge in [0.2, 0.25) is 0 Å². The molecule has 1 heterocycles. The largest absolute Gasteiger partial charge is 0.508 e. The van der Waals surface area contributed by atoms with Crippen molar-refractivity contribution in [2.45, 2.75) is 31.8 Å². The van der Waals surface area contributed by atoms with Gasteiger partial charge in [0, 0.05) is 30.9 Å². The number of nitrogens with zero attached hydrogens (tertiary/aromatic N) is 1. The van der Waals surface area contributed by atoms with Crippen molar-refractivity contribution in [3.05, 3.63) is 60.2 Å². The molecule has 0 saturated carbocycles. The standard InChI is InChI=1S/C20H25N3O2/c1-15(12-16-6-5-9-19(24)13-16)21-20(25)23-11-10-18(14-23)22-17-7-3-2-4-8-17/h2-9,13,15,18,22,24H,10-12,14H2,1H3,(H,21,25). The second kappa shape index (κ2) is 7.92. The van der Waals surface area contributed by atoms with Crippen LogP contribution >= 0.6 is 0 Å². The van der Waals surface area contributed by atoms with Gasteiger partial charge in [0.05, 0.1) is 0 Å². The maximum Gasteiger partial charge on any atom is 0.317 e. The van der Waals surface area contributed by atoms with Gasteiger partial charge < -0.3 is 20.6 Å². The van der Waals surface area contributed by atoms with Gasteiger partial charge in [-0.1, -0.05) is 30.3 Å². The van der Waals surface area contributed by atoms with E-state index in [2.05, 4.69) is 10.6 Å². The Bertz CT molecular complexity index is 705. The van der Waals surface area contributed by atoms with Gasteiger partial charge in [-0.05, 0) is 49.6 Å². The molecule has 0 spiro atoms. The Morgan fingerprint density at radius 1 is 1.24 bits per heavy atom. The highest BCUT2D eigenvalue weighted by Crippen LogP contribution is 2.16. The van der Waals surface area contributed by atoms with E-state index in [1.807, 2.05) is 54.3 Å². The van der Waals surface area contributed by atoms with Crippen molar-refractivity contribution in [3.8, 4) is 5.75 Å². The van der Waals surface area contributed by atoms with Gasteiger partial charge >= 0.3 is 6.03 Å². The average Bonchev–Trinajstić information content (AvgIpc) is 3.04. The smallest absolute Gasteiger partial charge is 0.317 e. The summed E-state index contributed by atoms with van der Waals surface area (Å²) in [6, 6.07) is 17.5. The molecule has 5 nitrogen and oxygen atoms in total. The number of para-hydroxylation sites is 1. The number of rotatable bonds is 5. The van der Waals surface area contributed by atoms with Crippen LogP contribution in [0.1, 0.15) is 18.9 Å². The summed E-state index contributed by atoms with van der Waals surface area (Å²) in [4.78, 5) is 14.3. The molecule has 2 aromatic carbocycles. The first kappa shape index (κ1) is 17.1. The molecule has 25 heavy (non-hydrogen) atoms. The maximum absolute atomic E-state index is 12.4. The Balaban J connectivity index is 1.47. The van der Waals surface area contributed by atoms with Gasteiger partial charge in [0.15, 0.2) is 0 Å². The normalized spacial score (nSPS) is 18.0. The number of phenolic OH excluding ortho intramolecular Hbond substituents is 1. The van der Waals surface area contributed by atoms with E-state index in [1.165, 1.54) is 0 Å². The third-order valence-corrected chi connectivity index (χ3v) is 4.44. The minimum atomic E-state index is -0.0231. The molecule has 0 aliphatic carbocycles. The third kappa shape index (κ3) is 4.89. The zero-order chi connectivity index (χ0) is 17.6. The highest BCUT2D eigenvalue weighted by molar-refractivity contribution is 5.75. The fourth-order valence-electron chi connectivity index (χ4n) is 3.22. The molecule has 0 radical (unpaired) electrons. The summed E-state index contributed by atoms with van der Waals surface area (Å²) < 4.78 is 0. The molecule has 3 N–H and O–H groups in total. The maximum atomic E-state index is 12.4. The van der Waals surface area contributed by atoms with Crippen LogP contribution < -0.4 is 10.6 Å². The Labute approximate surface area is 148 Å². The van der Waals surface area contributed by atoms with Crippen molar-refractivity contribution in [2.24, 2.45) is 0 Å². The molecule has 1 saturated heterocycles. The quantitative estimate of drug-likeness (QED) is 0.784. The first-order valence-electron chi connectivity index (χ1n) is 8.75. The Kier molecular flexibility index (Phi) is 5.43. The van der Waals surface area contributed by atoms with E-state index in [1.54, 1.807) is 12.1 Å². The molecule has 0 aromatic heterocycles. The summed E-state index contributed by atoms with van der Waals surface area (Å²) in [5, 5.41) is 16.1. The van der Waals surface area contributed by atoms with Crippen LogP contribution in [0, 0.1) is 0 Å². The monoisotopic (exact) mass is 339 g/mol. The summed E-state index contributed by atoms with van der Waals surface area (Å²) in [6.45, 7) is 3.45. The molecule has 3 rings (SSSR count). The number of carbonyl (C=O) groups is 1. The lowest BCUT2D eigenvalue weighted by molar-refractivity contribution is 0.205. The van der Waals surface area contributed by atoms with Crippen molar-refractivity contribution in [1.82, 2.24) is 10.2 Å². The number of anilines is 1. The molecule has 1 aliphatic rings. The van der Waals surface area contributed by atoms with Crippen molar-refractivity contribution >= 4 is 11.7 Å². The van der Waals surface area contributed by atoms with E-state index < -0.39 is 0 Å². The van der Waals surface area contributed by atoms with Crippen molar-refractivity contribution in [2.75, 3.05) is 18.4 Å². The molecule has 2 aromatic rings. The lowest BCUT2D eigenvalue weighted by atomic mass is 10.1. The molecule has 0 bridgehead atoms. The number of hydrogen-bond donors (Lipinski definition) is 3. The Hall–Kier alpha value is -2.69. The van der Waals surface area contributed by atoms with Crippen LogP contribution in [0.15, 0.2) is 54.6 Å². The predicted octanol–water partition coefficient (Wildman–Crippen LogP) is 3.22. The second-order valence-electron chi connectivity index (χ2n) is 6.67. The first-order valence-corrected chi connectivity index (χ1v) is 8.75. The molecule has 5 heteroatoms. The average molecular weight is 339 g/mol. The van der Waals surface area contributed by atoms with E-state index in [4.69, 9.17) is 0 Å². The topological polar surface area (TPSA) is 64.6 Å². The van der Waals surface area contributed by atoms with Crippen LogP contribution in [-0.4, -0.2) is 41.2 Å². The van der Waals surface area contributed by atoms with E-state index >= 15 is 0 Å². The predicted molar refractivity (Wildman–Crippen MR) is 99.8 cm³/mol. The number of nitrogens with one attached hydrogen (secondary N) is 2. The summed E-state index contributed by atoms with van der Waals surface area (Å²) in [5.74, 6) is 0.255. The first-order chi connectivity index (χ1) is 12.1. The van der Waals surface area contributed by atoms with Crippen LogP contribution in [0.25, 0.3) is 0 Å². The van der Waals surface area contributed by atoms with Gasteiger partial charge in [-0.3, -0.25) is 0 Å². The van der Waals surface area contributed by atoms with Crippen LogP contribution in [0.2, 0.25) is 0 Å². The Morgan fingerprint density at radius 2 is 2.04 bits per heavy atom.